The zero-order valence-electron chi connectivity index (χ0n) is 16.6. The topological polar surface area (TPSA) is 177 Å². The average molecular weight is 449 g/mol. The van der Waals surface area contributed by atoms with E-state index in [2.05, 4.69) is 25.5 Å². The molecule has 6 N–H and O–H groups in total. The number of fused-ring (bicyclic) bond motifs is 1. The molecule has 3 aromatic heterocycles. The summed E-state index contributed by atoms with van der Waals surface area (Å²) >= 11 is 6.38. The van der Waals surface area contributed by atoms with Crippen LogP contribution in [0.1, 0.15) is 30.3 Å². The van der Waals surface area contributed by atoms with Crippen molar-refractivity contribution in [2.75, 3.05) is 16.8 Å². The number of halogens is 1. The Labute approximate surface area is 186 Å². The third-order valence-corrected chi connectivity index (χ3v) is 5.65. The Balaban J connectivity index is 1.75. The van der Waals surface area contributed by atoms with Crippen LogP contribution in [0.4, 0.5) is 17.6 Å². The largest absolute Gasteiger partial charge is 0.382 e. The average Bonchev–Trinajstić information content (AvgIpc) is 3.46. The molecule has 11 nitrogen and oxygen atoms in total. The number of rotatable bonds is 5. The zero-order valence-corrected chi connectivity index (χ0v) is 17.3. The molecule has 3 heterocycles. The monoisotopic (exact) mass is 448 g/mol. The fourth-order valence-electron chi connectivity index (χ4n) is 3.70. The third-order valence-electron chi connectivity index (χ3n) is 5.35. The van der Waals surface area contributed by atoms with Crippen LogP contribution in [-0.4, -0.2) is 29.7 Å². The molecule has 1 aliphatic carbocycles. The quantitative estimate of drug-likeness (QED) is 0.356. The Morgan fingerprint density at radius 1 is 1.28 bits per heavy atom. The molecule has 0 aliphatic heterocycles. The number of nitrogens with one attached hydrogen (secondary N) is 2. The first-order chi connectivity index (χ1) is 15.5. The fourth-order valence-corrected chi connectivity index (χ4v) is 3.91. The van der Waals surface area contributed by atoms with Crippen LogP contribution in [0.25, 0.3) is 16.6 Å². The molecule has 1 unspecified atom stereocenters. The van der Waals surface area contributed by atoms with E-state index in [-0.39, 0.29) is 34.6 Å². The number of nitrogens with zero attached hydrogens (tertiary/aromatic N) is 6. The van der Waals surface area contributed by atoms with Gasteiger partial charge in [0.2, 0.25) is 5.95 Å². The molecular weight excluding hydrogens is 432 g/mol. The van der Waals surface area contributed by atoms with Gasteiger partial charge in [-0.15, -0.1) is 0 Å². The standard InChI is InChI=1S/C20H17ClN10O/c21-13-3-1-2-11-15(13)28-18(31(19(11)32)10-7-25-26-8-10)14(9-4-5-9)27-17-12(6-22)16(23)29-20(24)30-17/h1-3,7-9,14H,4-5H2,(H,25,26)(H5,23,24,27,29,30). The molecule has 1 aromatic carbocycles. The molecule has 4 aromatic rings. The molecule has 1 saturated carbocycles. The maximum absolute atomic E-state index is 13.5. The van der Waals surface area contributed by atoms with Gasteiger partial charge in [-0.25, -0.2) is 4.98 Å². The second-order valence-electron chi connectivity index (χ2n) is 7.46. The van der Waals surface area contributed by atoms with Gasteiger partial charge in [0.15, 0.2) is 5.82 Å². The number of hydrogen-bond acceptors (Lipinski definition) is 9. The van der Waals surface area contributed by atoms with Crippen molar-refractivity contribution >= 4 is 40.1 Å². The maximum atomic E-state index is 13.5. The van der Waals surface area contributed by atoms with Crippen molar-refractivity contribution in [2.45, 2.75) is 18.9 Å². The van der Waals surface area contributed by atoms with Crippen molar-refractivity contribution in [1.29, 1.82) is 5.26 Å². The van der Waals surface area contributed by atoms with Gasteiger partial charge in [-0.3, -0.25) is 14.5 Å². The van der Waals surface area contributed by atoms with Crippen molar-refractivity contribution in [1.82, 2.24) is 29.7 Å². The van der Waals surface area contributed by atoms with E-state index in [1.165, 1.54) is 10.8 Å². The summed E-state index contributed by atoms with van der Waals surface area (Å²) in [5.41, 5.74) is 12.3. The number of benzene rings is 1. The van der Waals surface area contributed by atoms with Gasteiger partial charge >= 0.3 is 0 Å². The second-order valence-corrected chi connectivity index (χ2v) is 7.87. The van der Waals surface area contributed by atoms with Gasteiger partial charge in [-0.1, -0.05) is 17.7 Å². The maximum Gasteiger partial charge on any atom is 0.266 e. The lowest BCUT2D eigenvalue weighted by Gasteiger charge is -2.23. The highest BCUT2D eigenvalue weighted by Gasteiger charge is 2.37. The minimum atomic E-state index is -0.473. The molecule has 0 amide bonds. The van der Waals surface area contributed by atoms with Crippen molar-refractivity contribution in [3.63, 3.8) is 0 Å². The van der Waals surface area contributed by atoms with E-state index in [0.29, 0.717) is 27.4 Å². The van der Waals surface area contributed by atoms with Crippen molar-refractivity contribution in [3.8, 4) is 11.8 Å². The Bertz CT molecular complexity index is 1440. The van der Waals surface area contributed by atoms with Gasteiger partial charge in [0.05, 0.1) is 33.9 Å². The number of anilines is 3. The number of aromatic nitrogens is 6. The Kier molecular flexibility index (Phi) is 4.64. The minimum Gasteiger partial charge on any atom is -0.382 e. The van der Waals surface area contributed by atoms with Gasteiger partial charge < -0.3 is 16.8 Å². The number of H-pyrrole nitrogens is 1. The molecule has 5 rings (SSSR count). The normalized spacial score (nSPS) is 14.2. The van der Waals surface area contributed by atoms with Crippen LogP contribution in [0.15, 0.2) is 35.4 Å². The molecule has 32 heavy (non-hydrogen) atoms. The summed E-state index contributed by atoms with van der Waals surface area (Å²) in [5, 5.41) is 20.3. The predicted molar refractivity (Wildman–Crippen MR) is 119 cm³/mol. The summed E-state index contributed by atoms with van der Waals surface area (Å²) < 4.78 is 1.48. The van der Waals surface area contributed by atoms with Crippen LogP contribution < -0.4 is 22.3 Å². The highest BCUT2D eigenvalue weighted by molar-refractivity contribution is 6.35. The Morgan fingerprint density at radius 2 is 2.09 bits per heavy atom. The SMILES string of the molecule is N#Cc1c(N)nc(N)nc1NC(c1nc2c(Cl)cccc2c(=O)n1-c1cn[nH]c1)C1CC1. The smallest absolute Gasteiger partial charge is 0.266 e. The molecule has 1 atom stereocenters. The summed E-state index contributed by atoms with van der Waals surface area (Å²) in [5.74, 6) is 0.642. The first kappa shape index (κ1) is 19.8. The molecule has 12 heteroatoms. The molecule has 1 fully saturated rings. The Hall–Kier alpha value is -4.17. The summed E-state index contributed by atoms with van der Waals surface area (Å²) in [7, 11) is 0. The number of hydrogen-bond donors (Lipinski definition) is 4. The molecule has 0 saturated heterocycles. The zero-order chi connectivity index (χ0) is 22.4. The molecule has 0 radical (unpaired) electrons. The summed E-state index contributed by atoms with van der Waals surface area (Å²) in [4.78, 5) is 26.3. The van der Waals surface area contributed by atoms with E-state index in [1.54, 1.807) is 24.4 Å². The molecule has 1 aliphatic rings. The van der Waals surface area contributed by atoms with Crippen LogP contribution >= 0.6 is 11.6 Å². The number of nitriles is 1. The fraction of sp³-hybridized carbons (Fsp3) is 0.200. The van der Waals surface area contributed by atoms with Gasteiger partial charge in [0.25, 0.3) is 5.56 Å². The number of para-hydroxylation sites is 1. The van der Waals surface area contributed by atoms with Gasteiger partial charge in [0.1, 0.15) is 23.3 Å². The van der Waals surface area contributed by atoms with Crippen LogP contribution in [0, 0.1) is 17.2 Å². The first-order valence-corrected chi connectivity index (χ1v) is 10.2. The lowest BCUT2D eigenvalue weighted by molar-refractivity contribution is 0.609. The molecule has 160 valence electrons. The van der Waals surface area contributed by atoms with E-state index in [4.69, 9.17) is 28.1 Å². The summed E-state index contributed by atoms with van der Waals surface area (Å²) in [6.07, 6.45) is 4.94. The van der Waals surface area contributed by atoms with Gasteiger partial charge in [-0.05, 0) is 30.9 Å². The van der Waals surface area contributed by atoms with Crippen molar-refractivity contribution in [3.05, 3.63) is 57.4 Å². The lowest BCUT2D eigenvalue weighted by atomic mass is 10.1. The highest BCUT2D eigenvalue weighted by Crippen LogP contribution is 2.43. The number of nitrogens with two attached hydrogens (primary N) is 2. The van der Waals surface area contributed by atoms with Crippen LogP contribution in [0.2, 0.25) is 5.02 Å². The summed E-state index contributed by atoms with van der Waals surface area (Å²) in [6.45, 7) is 0. The Morgan fingerprint density at radius 3 is 2.78 bits per heavy atom. The molecular formula is C20H17ClN10O. The lowest BCUT2D eigenvalue weighted by Crippen LogP contribution is -2.29. The molecule has 0 spiro atoms. The van der Waals surface area contributed by atoms with Gasteiger partial charge in [0, 0.05) is 6.20 Å². The van der Waals surface area contributed by atoms with Crippen molar-refractivity contribution < 1.29 is 0 Å². The van der Waals surface area contributed by atoms with Crippen LogP contribution in [0.3, 0.4) is 0 Å². The van der Waals surface area contributed by atoms with E-state index >= 15 is 0 Å². The first-order valence-electron chi connectivity index (χ1n) is 9.78. The van der Waals surface area contributed by atoms with Gasteiger partial charge in [-0.2, -0.15) is 20.3 Å². The molecule has 0 bridgehead atoms. The summed E-state index contributed by atoms with van der Waals surface area (Å²) in [6, 6.07) is 6.60. The van der Waals surface area contributed by atoms with Crippen LogP contribution in [0.5, 0.6) is 0 Å². The van der Waals surface area contributed by atoms with E-state index in [1.807, 2.05) is 6.07 Å². The van der Waals surface area contributed by atoms with Crippen molar-refractivity contribution in [2.24, 2.45) is 5.92 Å². The minimum absolute atomic E-state index is 0.0289. The third kappa shape index (κ3) is 3.27. The van der Waals surface area contributed by atoms with E-state index in [9.17, 15) is 10.1 Å². The second kappa shape index (κ2) is 7.51. The number of aromatic amines is 1. The van der Waals surface area contributed by atoms with E-state index in [0.717, 1.165) is 12.8 Å². The highest BCUT2D eigenvalue weighted by atomic mass is 35.5. The number of nitrogen functional groups attached to an aromatic ring is 2. The van der Waals surface area contributed by atoms with Crippen LogP contribution in [-0.2, 0) is 0 Å². The van der Waals surface area contributed by atoms with E-state index < -0.39 is 6.04 Å². The predicted octanol–water partition coefficient (Wildman–Crippen LogP) is 2.15.